The minimum absolute atomic E-state index is 0.0683. The molecule has 5 rings (SSSR count). The summed E-state index contributed by atoms with van der Waals surface area (Å²) in [6.45, 7) is 2.05. The molecule has 0 unspecified atom stereocenters. The fourth-order valence-electron chi connectivity index (χ4n) is 3.58. The second-order valence-electron chi connectivity index (χ2n) is 7.85. The van der Waals surface area contributed by atoms with E-state index in [-0.39, 0.29) is 12.4 Å². The third-order valence-electron chi connectivity index (χ3n) is 5.37. The van der Waals surface area contributed by atoms with E-state index < -0.39 is 5.69 Å². The number of aryl methyl sites for hydroxylation is 1. The largest absolute Gasteiger partial charge is 0.367 e. The van der Waals surface area contributed by atoms with Crippen molar-refractivity contribution in [3.63, 3.8) is 0 Å². The summed E-state index contributed by atoms with van der Waals surface area (Å²) in [6, 6.07) is 23.0. The van der Waals surface area contributed by atoms with Gasteiger partial charge in [0, 0.05) is 11.3 Å². The van der Waals surface area contributed by atoms with Gasteiger partial charge < -0.3 is 0 Å². The van der Waals surface area contributed by atoms with Crippen molar-refractivity contribution in [2.75, 3.05) is 0 Å². The van der Waals surface area contributed by atoms with Crippen LogP contribution in [0.15, 0.2) is 88.8 Å². The number of hydrogen-bond acceptors (Lipinski definition) is 5. The Hall–Kier alpha value is -4.44. The SMILES string of the molecule is Cc1ccc(-c2nn(Cc3n[nH]c(=S)n3-c3ccccc3)c(=O)n2/N=C/c2ccc(F)cc2)cc1. The van der Waals surface area contributed by atoms with Gasteiger partial charge in [-0.15, -0.1) is 5.10 Å². The zero-order valence-electron chi connectivity index (χ0n) is 18.7. The Labute approximate surface area is 204 Å². The highest BCUT2D eigenvalue weighted by Gasteiger charge is 2.18. The Bertz CT molecular complexity index is 1610. The second-order valence-corrected chi connectivity index (χ2v) is 8.24. The van der Waals surface area contributed by atoms with E-state index in [1.807, 2.05) is 61.5 Å². The van der Waals surface area contributed by atoms with Crippen LogP contribution in [0.25, 0.3) is 17.1 Å². The summed E-state index contributed by atoms with van der Waals surface area (Å²) in [5.41, 5.74) is 2.82. The van der Waals surface area contributed by atoms with E-state index in [0.29, 0.717) is 22.0 Å². The summed E-state index contributed by atoms with van der Waals surface area (Å²) in [7, 11) is 0. The van der Waals surface area contributed by atoms with E-state index in [2.05, 4.69) is 20.4 Å². The van der Waals surface area contributed by atoms with Crippen LogP contribution in [0.1, 0.15) is 17.0 Å². The molecule has 0 aliphatic rings. The first-order chi connectivity index (χ1) is 17.0. The summed E-state index contributed by atoms with van der Waals surface area (Å²) in [6.07, 6.45) is 1.49. The standard InChI is InChI=1S/C25H20FN7OS/c1-17-7-11-19(12-8-17)23-30-31(25(34)33(23)27-15-18-9-13-20(26)14-10-18)16-22-28-29-24(35)32(22)21-5-3-2-4-6-21/h2-15H,16H2,1H3,(H,29,35)/b27-15+. The number of para-hydroxylation sites is 1. The maximum Gasteiger partial charge on any atom is 0.367 e. The van der Waals surface area contributed by atoms with E-state index in [4.69, 9.17) is 12.2 Å². The molecule has 0 aliphatic carbocycles. The summed E-state index contributed by atoms with van der Waals surface area (Å²) in [4.78, 5) is 13.4. The van der Waals surface area contributed by atoms with Gasteiger partial charge in [-0.1, -0.05) is 60.2 Å². The fraction of sp³-hybridized carbons (Fsp3) is 0.0800. The van der Waals surface area contributed by atoms with Gasteiger partial charge in [-0.25, -0.2) is 13.9 Å². The number of benzene rings is 3. The first kappa shape index (κ1) is 22.4. The van der Waals surface area contributed by atoms with Gasteiger partial charge in [0.05, 0.1) is 6.21 Å². The number of hydrogen-bond donors (Lipinski definition) is 1. The Kier molecular flexibility index (Phi) is 6.02. The highest BCUT2D eigenvalue weighted by atomic mass is 32.1. The van der Waals surface area contributed by atoms with E-state index in [0.717, 1.165) is 16.8 Å². The van der Waals surface area contributed by atoms with Crippen LogP contribution >= 0.6 is 12.2 Å². The number of nitrogens with zero attached hydrogens (tertiary/aromatic N) is 6. The van der Waals surface area contributed by atoms with Gasteiger partial charge in [0.15, 0.2) is 16.4 Å². The van der Waals surface area contributed by atoms with Crippen LogP contribution in [-0.4, -0.2) is 35.4 Å². The van der Waals surface area contributed by atoms with Crippen LogP contribution in [0.3, 0.4) is 0 Å². The highest BCUT2D eigenvalue weighted by Crippen LogP contribution is 2.18. The zero-order chi connectivity index (χ0) is 24.4. The van der Waals surface area contributed by atoms with Crippen LogP contribution in [0.2, 0.25) is 0 Å². The smallest absolute Gasteiger partial charge is 0.271 e. The van der Waals surface area contributed by atoms with Crippen molar-refractivity contribution in [2.45, 2.75) is 13.5 Å². The molecule has 0 amide bonds. The molecule has 3 aromatic carbocycles. The number of nitrogens with one attached hydrogen (secondary N) is 1. The second kappa shape index (κ2) is 9.43. The Balaban J connectivity index is 1.59. The van der Waals surface area contributed by atoms with Gasteiger partial charge in [0.2, 0.25) is 0 Å². The van der Waals surface area contributed by atoms with Crippen molar-refractivity contribution in [1.82, 2.24) is 29.2 Å². The molecule has 1 N–H and O–H groups in total. The lowest BCUT2D eigenvalue weighted by molar-refractivity contribution is 0.611. The van der Waals surface area contributed by atoms with E-state index in [1.54, 1.807) is 16.7 Å². The summed E-state index contributed by atoms with van der Waals surface area (Å²) < 4.78 is 18.0. The Morgan fingerprint density at radius 2 is 1.74 bits per heavy atom. The quantitative estimate of drug-likeness (QED) is 0.287. The Morgan fingerprint density at radius 1 is 1.03 bits per heavy atom. The van der Waals surface area contributed by atoms with Crippen molar-refractivity contribution >= 4 is 18.4 Å². The molecule has 8 nitrogen and oxygen atoms in total. The van der Waals surface area contributed by atoms with Gasteiger partial charge >= 0.3 is 5.69 Å². The lowest BCUT2D eigenvalue weighted by Gasteiger charge is -2.06. The molecule has 35 heavy (non-hydrogen) atoms. The maximum absolute atomic E-state index is 13.4. The van der Waals surface area contributed by atoms with E-state index in [9.17, 15) is 9.18 Å². The average molecular weight is 486 g/mol. The topological polar surface area (TPSA) is 85.8 Å². The van der Waals surface area contributed by atoms with E-state index >= 15 is 0 Å². The first-order valence-corrected chi connectivity index (χ1v) is 11.2. The third-order valence-corrected chi connectivity index (χ3v) is 5.64. The van der Waals surface area contributed by atoms with Crippen LogP contribution in [0, 0.1) is 17.5 Å². The van der Waals surface area contributed by atoms with Crippen molar-refractivity contribution in [3.8, 4) is 17.1 Å². The van der Waals surface area contributed by atoms with Gasteiger partial charge in [0.25, 0.3) is 0 Å². The minimum Gasteiger partial charge on any atom is -0.271 e. The molecule has 2 heterocycles. The number of halogens is 1. The molecule has 174 valence electrons. The lowest BCUT2D eigenvalue weighted by Crippen LogP contribution is -2.25. The normalized spacial score (nSPS) is 11.4. The molecule has 0 atom stereocenters. The summed E-state index contributed by atoms with van der Waals surface area (Å²) in [5, 5.41) is 16.0. The predicted octanol–water partition coefficient (Wildman–Crippen LogP) is 4.33. The molecule has 5 aromatic rings. The van der Waals surface area contributed by atoms with Crippen LogP contribution in [0.4, 0.5) is 4.39 Å². The third kappa shape index (κ3) is 4.64. The van der Waals surface area contributed by atoms with Crippen LogP contribution in [-0.2, 0) is 6.54 Å². The molecule has 0 radical (unpaired) electrons. The molecule has 0 spiro atoms. The molecule has 0 fully saturated rings. The number of aromatic amines is 1. The van der Waals surface area contributed by atoms with Crippen molar-refractivity contribution in [2.24, 2.45) is 5.10 Å². The maximum atomic E-state index is 13.4. The van der Waals surface area contributed by atoms with Gasteiger partial charge in [-0.05, 0) is 49.0 Å². The van der Waals surface area contributed by atoms with Gasteiger partial charge in [0.1, 0.15) is 12.4 Å². The average Bonchev–Trinajstić information content (AvgIpc) is 3.39. The van der Waals surface area contributed by atoms with Gasteiger partial charge in [-0.2, -0.15) is 14.9 Å². The van der Waals surface area contributed by atoms with Crippen molar-refractivity contribution in [1.29, 1.82) is 0 Å². The van der Waals surface area contributed by atoms with E-state index in [1.165, 1.54) is 27.7 Å². The molecule has 0 saturated carbocycles. The summed E-state index contributed by atoms with van der Waals surface area (Å²) >= 11 is 5.41. The lowest BCUT2D eigenvalue weighted by atomic mass is 10.1. The number of H-pyrrole nitrogens is 1. The van der Waals surface area contributed by atoms with Crippen LogP contribution < -0.4 is 5.69 Å². The molecule has 0 bridgehead atoms. The van der Waals surface area contributed by atoms with Gasteiger partial charge in [-0.3, -0.25) is 9.67 Å². The number of rotatable bonds is 6. The molecule has 10 heteroatoms. The predicted molar refractivity (Wildman–Crippen MR) is 134 cm³/mol. The summed E-state index contributed by atoms with van der Waals surface area (Å²) in [5.74, 6) is 0.541. The molecule has 0 saturated heterocycles. The number of aromatic nitrogens is 6. The van der Waals surface area contributed by atoms with Crippen molar-refractivity contribution in [3.05, 3.63) is 117 Å². The monoisotopic (exact) mass is 485 g/mol. The molecular formula is C25H20FN7OS. The first-order valence-electron chi connectivity index (χ1n) is 10.8. The molecule has 0 aliphatic heterocycles. The Morgan fingerprint density at radius 3 is 2.46 bits per heavy atom. The molecular weight excluding hydrogens is 465 g/mol. The van der Waals surface area contributed by atoms with Crippen LogP contribution in [0.5, 0.6) is 0 Å². The fourth-order valence-corrected chi connectivity index (χ4v) is 3.83. The van der Waals surface area contributed by atoms with Crippen molar-refractivity contribution < 1.29 is 4.39 Å². The minimum atomic E-state index is -0.451. The molecule has 2 aromatic heterocycles. The highest BCUT2D eigenvalue weighted by molar-refractivity contribution is 7.71. The zero-order valence-corrected chi connectivity index (χ0v) is 19.5.